The fourth-order valence-electron chi connectivity index (χ4n) is 1.86. The first-order valence-corrected chi connectivity index (χ1v) is 7.62. The molecule has 0 saturated carbocycles. The van der Waals surface area contributed by atoms with Crippen molar-refractivity contribution in [1.29, 1.82) is 0 Å². The van der Waals surface area contributed by atoms with Crippen LogP contribution in [0.25, 0.3) is 0 Å². The van der Waals surface area contributed by atoms with Crippen molar-refractivity contribution < 1.29 is 5.11 Å². The lowest BCUT2D eigenvalue weighted by Crippen LogP contribution is -2.05. The van der Waals surface area contributed by atoms with Gasteiger partial charge in [-0.05, 0) is 64.4 Å². The molecule has 0 aliphatic heterocycles. The summed E-state index contributed by atoms with van der Waals surface area (Å²) in [7, 11) is 0. The van der Waals surface area contributed by atoms with Gasteiger partial charge in [-0.1, -0.05) is 24.6 Å². The van der Waals surface area contributed by atoms with E-state index >= 15 is 0 Å². The van der Waals surface area contributed by atoms with Crippen LogP contribution in [0.4, 0.5) is 0 Å². The van der Waals surface area contributed by atoms with Crippen molar-refractivity contribution in [1.82, 2.24) is 4.98 Å². The molecule has 4 heteroatoms. The lowest BCUT2D eigenvalue weighted by molar-refractivity contribution is 0.176. The number of aliphatic hydroxyl groups excluding tert-OH is 1. The molecule has 1 aromatic heterocycles. The molecular formula is C15H15ClINO. The largest absolute Gasteiger partial charge is 0.388 e. The second-order valence-electron chi connectivity index (χ2n) is 4.40. The molecule has 0 spiro atoms. The average molecular weight is 388 g/mol. The van der Waals surface area contributed by atoms with Gasteiger partial charge in [0.05, 0.1) is 6.10 Å². The monoisotopic (exact) mass is 387 g/mol. The van der Waals surface area contributed by atoms with Crippen LogP contribution < -0.4 is 0 Å². The summed E-state index contributed by atoms with van der Waals surface area (Å²) >= 11 is 8.18. The Hall–Kier alpha value is -0.650. The molecular weight excluding hydrogens is 373 g/mol. The van der Waals surface area contributed by atoms with E-state index in [2.05, 4.69) is 40.6 Å². The molecule has 0 amide bonds. The van der Waals surface area contributed by atoms with Gasteiger partial charge in [0.2, 0.25) is 0 Å². The van der Waals surface area contributed by atoms with Crippen LogP contribution in [0.15, 0.2) is 36.5 Å². The molecule has 0 bridgehead atoms. The van der Waals surface area contributed by atoms with Crippen molar-refractivity contribution in [3.05, 3.63) is 61.9 Å². The number of halogens is 2. The van der Waals surface area contributed by atoms with Crippen LogP contribution in [0.2, 0.25) is 5.02 Å². The Balaban J connectivity index is 2.15. The summed E-state index contributed by atoms with van der Waals surface area (Å²) in [5, 5.41) is 10.9. The standard InChI is InChI=1S/C15H15ClINO/c1-2-10-3-5-12(18-9-10)8-15(19)13-7-11(16)4-6-14(13)17/h3-7,9,15,19H,2,8H2,1H3. The maximum absolute atomic E-state index is 10.3. The molecule has 1 atom stereocenters. The Morgan fingerprint density at radius 3 is 2.74 bits per heavy atom. The fraction of sp³-hybridized carbons (Fsp3) is 0.267. The topological polar surface area (TPSA) is 33.1 Å². The van der Waals surface area contributed by atoms with Gasteiger partial charge in [0.1, 0.15) is 0 Å². The Morgan fingerprint density at radius 2 is 2.11 bits per heavy atom. The lowest BCUT2D eigenvalue weighted by Gasteiger charge is -2.13. The van der Waals surface area contributed by atoms with Crippen LogP contribution in [0, 0.1) is 3.57 Å². The Kier molecular flexibility index (Phi) is 5.19. The predicted molar refractivity (Wildman–Crippen MR) is 86.4 cm³/mol. The third-order valence-electron chi connectivity index (χ3n) is 3.01. The molecule has 0 radical (unpaired) electrons. The number of aryl methyl sites for hydroxylation is 1. The summed E-state index contributed by atoms with van der Waals surface area (Å²) in [6.45, 7) is 2.10. The third kappa shape index (κ3) is 3.91. The van der Waals surface area contributed by atoms with Crippen molar-refractivity contribution in [2.75, 3.05) is 0 Å². The van der Waals surface area contributed by atoms with E-state index in [0.717, 1.165) is 21.2 Å². The lowest BCUT2D eigenvalue weighted by atomic mass is 10.0. The predicted octanol–water partition coefficient (Wildman–Crippen LogP) is 4.18. The molecule has 100 valence electrons. The van der Waals surface area contributed by atoms with Gasteiger partial charge < -0.3 is 5.11 Å². The molecule has 2 rings (SSSR count). The average Bonchev–Trinajstić information content (AvgIpc) is 2.42. The second-order valence-corrected chi connectivity index (χ2v) is 6.00. The maximum atomic E-state index is 10.3. The third-order valence-corrected chi connectivity index (χ3v) is 4.23. The van der Waals surface area contributed by atoms with Crippen LogP contribution in [0.1, 0.15) is 29.8 Å². The number of aliphatic hydroxyl groups is 1. The van der Waals surface area contributed by atoms with Gasteiger partial charge in [-0.2, -0.15) is 0 Å². The number of pyridine rings is 1. The zero-order valence-electron chi connectivity index (χ0n) is 10.6. The van der Waals surface area contributed by atoms with Gasteiger partial charge in [0.25, 0.3) is 0 Å². The number of hydrogen-bond donors (Lipinski definition) is 1. The second kappa shape index (κ2) is 6.68. The Labute approximate surface area is 132 Å². The molecule has 1 N–H and O–H groups in total. The summed E-state index contributed by atoms with van der Waals surface area (Å²) < 4.78 is 1.01. The van der Waals surface area contributed by atoms with Gasteiger partial charge in [-0.25, -0.2) is 0 Å². The van der Waals surface area contributed by atoms with E-state index in [4.69, 9.17) is 11.6 Å². The summed E-state index contributed by atoms with van der Waals surface area (Å²) in [5.74, 6) is 0. The minimum atomic E-state index is -0.578. The van der Waals surface area contributed by atoms with Crippen LogP contribution in [-0.2, 0) is 12.8 Å². The number of rotatable bonds is 4. The van der Waals surface area contributed by atoms with E-state index in [9.17, 15) is 5.11 Å². The highest BCUT2D eigenvalue weighted by Gasteiger charge is 2.13. The molecule has 1 heterocycles. The van der Waals surface area contributed by atoms with Gasteiger partial charge >= 0.3 is 0 Å². The minimum absolute atomic E-state index is 0.500. The first-order chi connectivity index (χ1) is 9.10. The molecule has 1 unspecified atom stereocenters. The minimum Gasteiger partial charge on any atom is -0.388 e. The SMILES string of the molecule is CCc1ccc(CC(O)c2cc(Cl)ccc2I)nc1. The smallest absolute Gasteiger partial charge is 0.0856 e. The number of benzene rings is 1. The zero-order valence-corrected chi connectivity index (χ0v) is 13.5. The molecule has 1 aromatic carbocycles. The first-order valence-electron chi connectivity index (χ1n) is 6.17. The van der Waals surface area contributed by atoms with E-state index in [1.54, 1.807) is 0 Å². The molecule has 19 heavy (non-hydrogen) atoms. The maximum Gasteiger partial charge on any atom is 0.0856 e. The van der Waals surface area contributed by atoms with Crippen LogP contribution in [0.3, 0.4) is 0 Å². The van der Waals surface area contributed by atoms with Crippen molar-refractivity contribution in [3.8, 4) is 0 Å². The van der Waals surface area contributed by atoms with Crippen LogP contribution in [0.5, 0.6) is 0 Å². The number of nitrogens with zero attached hydrogens (tertiary/aromatic N) is 1. The summed E-state index contributed by atoms with van der Waals surface area (Å²) in [6, 6.07) is 9.58. The van der Waals surface area contributed by atoms with E-state index in [0.29, 0.717) is 11.4 Å². The van der Waals surface area contributed by atoms with Crippen molar-refractivity contribution in [2.24, 2.45) is 0 Å². The molecule has 2 aromatic rings. The van der Waals surface area contributed by atoms with Crippen molar-refractivity contribution in [2.45, 2.75) is 25.9 Å². The molecule has 0 fully saturated rings. The first kappa shape index (κ1) is 14.8. The number of aromatic nitrogens is 1. The van der Waals surface area contributed by atoms with E-state index < -0.39 is 6.10 Å². The Morgan fingerprint density at radius 1 is 1.32 bits per heavy atom. The molecule has 0 aliphatic carbocycles. The van der Waals surface area contributed by atoms with Gasteiger partial charge in [-0.3, -0.25) is 4.98 Å². The molecule has 0 saturated heterocycles. The highest BCUT2D eigenvalue weighted by Crippen LogP contribution is 2.26. The van der Waals surface area contributed by atoms with Gasteiger partial charge in [-0.15, -0.1) is 0 Å². The van der Waals surface area contributed by atoms with Crippen LogP contribution >= 0.6 is 34.2 Å². The van der Waals surface area contributed by atoms with E-state index in [-0.39, 0.29) is 0 Å². The summed E-state index contributed by atoms with van der Waals surface area (Å²) in [5.41, 5.74) is 2.95. The quantitative estimate of drug-likeness (QED) is 0.799. The fourth-order valence-corrected chi connectivity index (χ4v) is 2.74. The van der Waals surface area contributed by atoms with Gasteiger partial charge in [0, 0.05) is 26.9 Å². The highest BCUT2D eigenvalue weighted by molar-refractivity contribution is 14.1. The van der Waals surface area contributed by atoms with Crippen LogP contribution in [-0.4, -0.2) is 10.1 Å². The van der Waals surface area contributed by atoms with E-state index in [1.165, 1.54) is 5.56 Å². The van der Waals surface area contributed by atoms with E-state index in [1.807, 2.05) is 30.5 Å². The molecule has 0 aliphatic rings. The number of hydrogen-bond acceptors (Lipinski definition) is 2. The Bertz CT molecular complexity index is 557. The highest BCUT2D eigenvalue weighted by atomic mass is 127. The summed E-state index contributed by atoms with van der Waals surface area (Å²) in [6.07, 6.45) is 2.76. The normalized spacial score (nSPS) is 12.4. The van der Waals surface area contributed by atoms with Crippen molar-refractivity contribution >= 4 is 34.2 Å². The zero-order chi connectivity index (χ0) is 13.8. The molecule has 2 nitrogen and oxygen atoms in total. The van der Waals surface area contributed by atoms with Gasteiger partial charge in [0.15, 0.2) is 0 Å². The summed E-state index contributed by atoms with van der Waals surface area (Å²) in [4.78, 5) is 4.37. The van der Waals surface area contributed by atoms with Crippen molar-refractivity contribution in [3.63, 3.8) is 0 Å².